The second kappa shape index (κ2) is 4.12. The van der Waals surface area contributed by atoms with E-state index in [2.05, 4.69) is 0 Å². The maximum atomic E-state index is 12.5. The van der Waals surface area contributed by atoms with Gasteiger partial charge in [-0.3, -0.25) is 0 Å². The highest BCUT2D eigenvalue weighted by molar-refractivity contribution is 8.20. The minimum absolute atomic E-state index is 0.412. The largest absolute Gasteiger partial charge is 0.421 e. The summed E-state index contributed by atoms with van der Waals surface area (Å²) in [4.78, 5) is 0. The van der Waals surface area contributed by atoms with Crippen LogP contribution in [0.15, 0.2) is 0 Å². The van der Waals surface area contributed by atoms with Gasteiger partial charge in [0, 0.05) is 0 Å². The zero-order valence-corrected chi connectivity index (χ0v) is 10.6. The van der Waals surface area contributed by atoms with Gasteiger partial charge in [0.25, 0.3) is 0 Å². The molecule has 0 aliphatic heterocycles. The van der Waals surface area contributed by atoms with Crippen LogP contribution in [0.2, 0.25) is 0 Å². The maximum Gasteiger partial charge on any atom is 0.421 e. The van der Waals surface area contributed by atoms with Gasteiger partial charge in [0.2, 0.25) is 6.55 Å². The van der Waals surface area contributed by atoms with Gasteiger partial charge >= 0.3 is 17.8 Å². The minimum Gasteiger partial charge on any atom is -0.166 e. The van der Waals surface area contributed by atoms with E-state index in [1.54, 1.807) is 0 Å². The number of alkyl halides is 9. The SMILES string of the molecule is CP(C)(C)=P(C(F)(F)F)(C(F)(F)F)C(F)(F)F. The molecule has 0 atom stereocenters. The Kier molecular flexibility index (Phi) is 4.18. The van der Waals surface area contributed by atoms with Crippen LogP contribution >= 0.6 is 13.1 Å². The van der Waals surface area contributed by atoms with Crippen molar-refractivity contribution >= 4 is 13.1 Å². The normalized spacial score (nSPS) is 16.2. The van der Waals surface area contributed by atoms with E-state index >= 15 is 0 Å². The fourth-order valence-electron chi connectivity index (χ4n) is 1.45. The smallest absolute Gasteiger partial charge is 0.166 e. The molecular weight excluding hydrogens is 305 g/mol. The summed E-state index contributed by atoms with van der Waals surface area (Å²) in [6.45, 7) is -10.2. The lowest BCUT2D eigenvalue weighted by Gasteiger charge is -2.38. The van der Waals surface area contributed by atoms with E-state index in [-0.39, 0.29) is 0 Å². The highest BCUT2D eigenvalue weighted by Gasteiger charge is 2.77. The number of hydrogen-bond donors (Lipinski definition) is 0. The Balaban J connectivity index is 6.89. The fraction of sp³-hybridized carbons (Fsp3) is 1.00. The van der Waals surface area contributed by atoms with Gasteiger partial charge in [-0.25, -0.2) is 0 Å². The third kappa shape index (κ3) is 2.50. The molecule has 0 fully saturated rings. The lowest BCUT2D eigenvalue weighted by Crippen LogP contribution is -2.33. The summed E-state index contributed by atoms with van der Waals surface area (Å²) in [7, 11) is 0. The van der Waals surface area contributed by atoms with Crippen LogP contribution in [0.5, 0.6) is 0 Å². The molecule has 0 saturated carbocycles. The Labute approximate surface area is 91.3 Å². The van der Waals surface area contributed by atoms with Crippen molar-refractivity contribution < 1.29 is 39.5 Å². The molecule has 0 bridgehead atoms. The topological polar surface area (TPSA) is 0 Å². The van der Waals surface area contributed by atoms with E-state index in [0.717, 1.165) is 0 Å². The summed E-state index contributed by atoms with van der Waals surface area (Å²) >= 11 is 0. The van der Waals surface area contributed by atoms with Crippen molar-refractivity contribution in [2.45, 2.75) is 17.8 Å². The van der Waals surface area contributed by atoms with Crippen molar-refractivity contribution in [3.8, 4) is 0 Å². The lowest BCUT2D eigenvalue weighted by molar-refractivity contribution is -0.124. The van der Waals surface area contributed by atoms with Crippen molar-refractivity contribution in [3.63, 3.8) is 0 Å². The zero-order valence-electron chi connectivity index (χ0n) is 8.80. The molecular formula is C6H9F9P2. The van der Waals surface area contributed by atoms with Crippen molar-refractivity contribution in [2.75, 3.05) is 20.0 Å². The molecule has 0 rings (SSSR count). The molecule has 0 amide bonds. The van der Waals surface area contributed by atoms with Crippen molar-refractivity contribution in [1.29, 1.82) is 0 Å². The van der Waals surface area contributed by atoms with Crippen LogP contribution in [0.3, 0.4) is 0 Å². The van der Waals surface area contributed by atoms with Gasteiger partial charge in [-0.05, 0) is 20.0 Å². The molecule has 0 unspecified atom stereocenters. The molecule has 0 aliphatic carbocycles. The van der Waals surface area contributed by atoms with E-state index in [4.69, 9.17) is 0 Å². The van der Waals surface area contributed by atoms with Crippen LogP contribution in [0, 0.1) is 0 Å². The molecule has 0 heterocycles. The van der Waals surface area contributed by atoms with E-state index in [9.17, 15) is 39.5 Å². The summed E-state index contributed by atoms with van der Waals surface area (Å²) in [6, 6.07) is 0. The Hall–Kier alpha value is 0.230. The summed E-state index contributed by atoms with van der Waals surface area (Å²) in [5.41, 5.74) is 0. The van der Waals surface area contributed by atoms with Gasteiger partial charge in [0.05, 0.1) is 0 Å². The predicted molar refractivity (Wildman–Crippen MR) is 49.8 cm³/mol. The van der Waals surface area contributed by atoms with Crippen LogP contribution in [-0.4, -0.2) is 37.7 Å². The van der Waals surface area contributed by atoms with Crippen LogP contribution < -0.4 is 0 Å². The summed E-state index contributed by atoms with van der Waals surface area (Å²) in [6.07, 6.45) is 0. The molecule has 0 nitrogen and oxygen atoms in total. The van der Waals surface area contributed by atoms with Gasteiger partial charge < -0.3 is 0 Å². The van der Waals surface area contributed by atoms with Gasteiger partial charge in [0.15, 0.2) is 0 Å². The summed E-state index contributed by atoms with van der Waals surface area (Å²) < 4.78 is 113. The first-order chi connectivity index (χ1) is 7.00. The van der Waals surface area contributed by atoms with E-state index < -0.39 is 30.9 Å². The molecule has 11 heteroatoms. The van der Waals surface area contributed by atoms with Crippen LogP contribution in [-0.2, 0) is 0 Å². The number of halogens is 9. The molecule has 0 aliphatic rings. The molecule has 0 saturated heterocycles. The average Bonchev–Trinajstić information content (AvgIpc) is 1.67. The van der Waals surface area contributed by atoms with Crippen LogP contribution in [0.25, 0.3) is 0 Å². The molecule has 0 aromatic carbocycles. The standard InChI is InChI=1S/C6H9F9P2/c1-16(2,3)17(4(7,8)9,5(10,11)12)6(13,14)15/h1-3H3. The average molecular weight is 314 g/mol. The Morgan fingerprint density at radius 1 is 0.529 bits per heavy atom. The van der Waals surface area contributed by atoms with Crippen molar-refractivity contribution in [3.05, 3.63) is 0 Å². The third-order valence-corrected chi connectivity index (χ3v) is 13.4. The second-order valence-corrected chi connectivity index (χ2v) is 16.1. The first-order valence-corrected chi connectivity index (χ1v) is 9.54. The van der Waals surface area contributed by atoms with E-state index in [1.807, 2.05) is 0 Å². The van der Waals surface area contributed by atoms with Crippen molar-refractivity contribution in [1.82, 2.24) is 0 Å². The molecule has 0 N–H and O–H groups in total. The Morgan fingerprint density at radius 2 is 0.706 bits per heavy atom. The highest BCUT2D eigenvalue weighted by atomic mass is 31.8. The summed E-state index contributed by atoms with van der Waals surface area (Å²) in [5, 5.41) is 0. The Bertz CT molecular complexity index is 311. The second-order valence-electron chi connectivity index (χ2n) is 3.98. The van der Waals surface area contributed by atoms with Crippen LogP contribution in [0.4, 0.5) is 39.5 Å². The highest BCUT2D eigenvalue weighted by Crippen LogP contribution is 2.91. The maximum absolute atomic E-state index is 12.5. The van der Waals surface area contributed by atoms with Crippen molar-refractivity contribution in [2.24, 2.45) is 0 Å². The fourth-order valence-corrected chi connectivity index (χ4v) is 10.5. The van der Waals surface area contributed by atoms with Gasteiger partial charge in [0.1, 0.15) is 0 Å². The monoisotopic (exact) mass is 314 g/mol. The summed E-state index contributed by atoms with van der Waals surface area (Å²) in [5.74, 6) is -19.0. The zero-order chi connectivity index (χ0) is 14.5. The first kappa shape index (κ1) is 17.2. The Morgan fingerprint density at radius 3 is 0.706 bits per heavy atom. The molecule has 0 radical (unpaired) electrons. The predicted octanol–water partition coefficient (Wildman–Crippen LogP) is 5.39. The van der Waals surface area contributed by atoms with E-state index in [1.165, 1.54) is 0 Å². The molecule has 0 spiro atoms. The quantitative estimate of drug-likeness (QED) is 0.416. The van der Waals surface area contributed by atoms with Gasteiger partial charge in [-0.1, -0.05) is 6.55 Å². The molecule has 106 valence electrons. The molecule has 0 aromatic rings. The van der Waals surface area contributed by atoms with E-state index in [0.29, 0.717) is 20.0 Å². The van der Waals surface area contributed by atoms with Gasteiger partial charge in [-0.15, -0.1) is 0 Å². The number of hydrogen-bond acceptors (Lipinski definition) is 0. The van der Waals surface area contributed by atoms with Crippen LogP contribution in [0.1, 0.15) is 0 Å². The molecule has 17 heavy (non-hydrogen) atoms. The minimum atomic E-state index is -7.12. The first-order valence-electron chi connectivity index (χ1n) is 3.91. The molecule has 0 aromatic heterocycles. The lowest BCUT2D eigenvalue weighted by atomic mass is 11.5. The third-order valence-electron chi connectivity index (χ3n) is 2.00. The van der Waals surface area contributed by atoms with Gasteiger partial charge in [-0.2, -0.15) is 39.5 Å². The number of rotatable bonds is 0.